The zero-order chi connectivity index (χ0) is 14.7. The summed E-state index contributed by atoms with van der Waals surface area (Å²) in [6, 6.07) is 8.39. The van der Waals surface area contributed by atoms with Gasteiger partial charge in [-0.15, -0.1) is 0 Å². The molecule has 0 saturated carbocycles. The summed E-state index contributed by atoms with van der Waals surface area (Å²) in [5, 5.41) is 8.69. The van der Waals surface area contributed by atoms with Crippen molar-refractivity contribution in [3.05, 3.63) is 52.3 Å². The molecular formula is C16H22ClN3. The second kappa shape index (κ2) is 6.42. The number of rotatable bonds is 5. The molecule has 2 rings (SSSR count). The lowest BCUT2D eigenvalue weighted by Crippen LogP contribution is -2.25. The van der Waals surface area contributed by atoms with E-state index >= 15 is 0 Å². The largest absolute Gasteiger partial charge is 0.306 e. The average molecular weight is 292 g/mol. The van der Waals surface area contributed by atoms with Crippen LogP contribution < -0.4 is 5.32 Å². The van der Waals surface area contributed by atoms with E-state index in [1.165, 1.54) is 16.8 Å². The van der Waals surface area contributed by atoms with Crippen molar-refractivity contribution in [1.29, 1.82) is 0 Å². The van der Waals surface area contributed by atoms with Gasteiger partial charge in [0.1, 0.15) is 0 Å². The monoisotopic (exact) mass is 291 g/mol. The van der Waals surface area contributed by atoms with Crippen LogP contribution in [-0.4, -0.2) is 9.78 Å². The number of halogens is 1. The molecule has 1 N–H and O–H groups in total. The molecule has 2 aromatic rings. The second-order valence-corrected chi connectivity index (χ2v) is 5.97. The van der Waals surface area contributed by atoms with Gasteiger partial charge in [0.15, 0.2) is 0 Å². The van der Waals surface area contributed by atoms with E-state index in [2.05, 4.69) is 43.3 Å². The fraction of sp³-hybridized carbons (Fsp3) is 0.438. The Kier molecular flexibility index (Phi) is 4.84. The molecule has 0 amide bonds. The minimum absolute atomic E-state index is 0.312. The molecule has 0 fully saturated rings. The van der Waals surface area contributed by atoms with E-state index < -0.39 is 0 Å². The van der Waals surface area contributed by atoms with Crippen LogP contribution in [0.2, 0.25) is 5.02 Å². The van der Waals surface area contributed by atoms with Crippen molar-refractivity contribution in [2.45, 2.75) is 33.4 Å². The lowest BCUT2D eigenvalue weighted by molar-refractivity contribution is 0.410. The summed E-state index contributed by atoms with van der Waals surface area (Å²) >= 11 is 5.96. The third kappa shape index (κ3) is 3.41. The maximum absolute atomic E-state index is 5.96. The van der Waals surface area contributed by atoms with Crippen LogP contribution in [0.4, 0.5) is 0 Å². The van der Waals surface area contributed by atoms with E-state index in [0.29, 0.717) is 12.0 Å². The molecule has 0 radical (unpaired) electrons. The number of aryl methyl sites for hydroxylation is 1. The minimum atomic E-state index is 0.312. The van der Waals surface area contributed by atoms with Gasteiger partial charge < -0.3 is 5.32 Å². The highest BCUT2D eigenvalue weighted by Crippen LogP contribution is 2.24. The lowest BCUT2D eigenvalue weighted by atomic mass is 9.96. The Morgan fingerprint density at radius 3 is 2.40 bits per heavy atom. The van der Waals surface area contributed by atoms with E-state index in [9.17, 15) is 0 Å². The highest BCUT2D eigenvalue weighted by Gasteiger charge is 2.16. The van der Waals surface area contributed by atoms with Gasteiger partial charge in [-0.25, -0.2) is 0 Å². The van der Waals surface area contributed by atoms with Crippen molar-refractivity contribution in [3.63, 3.8) is 0 Å². The Labute approximate surface area is 126 Å². The van der Waals surface area contributed by atoms with Gasteiger partial charge in [-0.3, -0.25) is 4.68 Å². The van der Waals surface area contributed by atoms with Crippen LogP contribution in [0.1, 0.15) is 36.7 Å². The summed E-state index contributed by atoms with van der Waals surface area (Å²) in [5.74, 6) is 0.508. The molecular weight excluding hydrogens is 270 g/mol. The summed E-state index contributed by atoms with van der Waals surface area (Å²) < 4.78 is 1.91. The van der Waals surface area contributed by atoms with E-state index in [1.54, 1.807) is 0 Å². The van der Waals surface area contributed by atoms with E-state index in [-0.39, 0.29) is 0 Å². The van der Waals surface area contributed by atoms with Crippen molar-refractivity contribution in [3.8, 4) is 0 Å². The third-order valence-corrected chi connectivity index (χ3v) is 4.00. The lowest BCUT2D eigenvalue weighted by Gasteiger charge is -2.23. The third-order valence-electron chi connectivity index (χ3n) is 3.75. The summed E-state index contributed by atoms with van der Waals surface area (Å²) in [6.07, 6.45) is 1.93. The SMILES string of the molecule is Cc1c(CNC(c2ccc(Cl)cc2)C(C)C)cnn1C. The molecule has 4 heteroatoms. The van der Waals surface area contributed by atoms with Crippen molar-refractivity contribution < 1.29 is 0 Å². The molecule has 1 heterocycles. The summed E-state index contributed by atoms with van der Waals surface area (Å²) in [5.41, 5.74) is 3.72. The number of benzene rings is 1. The molecule has 0 saturated heterocycles. The molecule has 20 heavy (non-hydrogen) atoms. The molecule has 1 aromatic carbocycles. The van der Waals surface area contributed by atoms with E-state index in [4.69, 9.17) is 11.6 Å². The first-order valence-corrected chi connectivity index (χ1v) is 7.33. The summed E-state index contributed by atoms with van der Waals surface area (Å²) in [7, 11) is 1.97. The van der Waals surface area contributed by atoms with Crippen LogP contribution in [-0.2, 0) is 13.6 Å². The Hall–Kier alpha value is -1.32. The summed E-state index contributed by atoms with van der Waals surface area (Å²) in [4.78, 5) is 0. The van der Waals surface area contributed by atoms with Crippen LogP contribution in [0.5, 0.6) is 0 Å². The van der Waals surface area contributed by atoms with Gasteiger partial charge >= 0.3 is 0 Å². The zero-order valence-electron chi connectivity index (χ0n) is 12.5. The first-order chi connectivity index (χ1) is 9.49. The van der Waals surface area contributed by atoms with Gasteiger partial charge in [-0.2, -0.15) is 5.10 Å². The minimum Gasteiger partial charge on any atom is -0.306 e. The molecule has 3 nitrogen and oxygen atoms in total. The predicted octanol–water partition coefficient (Wildman–Crippen LogP) is 3.87. The maximum Gasteiger partial charge on any atom is 0.0537 e. The molecule has 0 aliphatic heterocycles. The first-order valence-electron chi connectivity index (χ1n) is 6.95. The van der Waals surface area contributed by atoms with Gasteiger partial charge in [-0.1, -0.05) is 37.6 Å². The second-order valence-electron chi connectivity index (χ2n) is 5.53. The van der Waals surface area contributed by atoms with Crippen LogP contribution in [0.25, 0.3) is 0 Å². The average Bonchev–Trinajstić information content (AvgIpc) is 2.72. The van der Waals surface area contributed by atoms with Gasteiger partial charge in [0.25, 0.3) is 0 Å². The first kappa shape index (κ1) is 15.1. The number of hydrogen-bond acceptors (Lipinski definition) is 2. The molecule has 1 atom stereocenters. The fourth-order valence-corrected chi connectivity index (χ4v) is 2.47. The number of nitrogens with one attached hydrogen (secondary N) is 1. The Bertz CT molecular complexity index is 558. The van der Waals surface area contributed by atoms with Gasteiger partial charge in [0, 0.05) is 35.9 Å². The fourth-order valence-electron chi connectivity index (χ4n) is 2.35. The Morgan fingerprint density at radius 2 is 1.90 bits per heavy atom. The van der Waals surface area contributed by atoms with Crippen molar-refractivity contribution >= 4 is 11.6 Å². The van der Waals surface area contributed by atoms with Crippen LogP contribution in [0.3, 0.4) is 0 Å². The summed E-state index contributed by atoms with van der Waals surface area (Å²) in [6.45, 7) is 7.37. The molecule has 1 unspecified atom stereocenters. The van der Waals surface area contributed by atoms with Gasteiger partial charge in [-0.05, 0) is 30.5 Å². The van der Waals surface area contributed by atoms with Crippen molar-refractivity contribution in [2.75, 3.05) is 0 Å². The molecule has 1 aromatic heterocycles. The normalized spacial score (nSPS) is 12.9. The van der Waals surface area contributed by atoms with Crippen LogP contribution >= 0.6 is 11.6 Å². The zero-order valence-corrected chi connectivity index (χ0v) is 13.3. The molecule has 0 spiro atoms. The van der Waals surface area contributed by atoms with Crippen molar-refractivity contribution in [1.82, 2.24) is 15.1 Å². The number of hydrogen-bond donors (Lipinski definition) is 1. The molecule has 108 valence electrons. The molecule has 0 bridgehead atoms. The Balaban J connectivity index is 2.10. The van der Waals surface area contributed by atoms with Crippen molar-refractivity contribution in [2.24, 2.45) is 13.0 Å². The Morgan fingerprint density at radius 1 is 1.25 bits per heavy atom. The smallest absolute Gasteiger partial charge is 0.0537 e. The van der Waals surface area contributed by atoms with Crippen LogP contribution in [0, 0.1) is 12.8 Å². The number of aromatic nitrogens is 2. The maximum atomic E-state index is 5.96. The predicted molar refractivity (Wildman–Crippen MR) is 83.8 cm³/mol. The van der Waals surface area contributed by atoms with Crippen LogP contribution in [0.15, 0.2) is 30.5 Å². The quantitative estimate of drug-likeness (QED) is 0.906. The van der Waals surface area contributed by atoms with E-state index in [0.717, 1.165) is 11.6 Å². The van der Waals surface area contributed by atoms with E-state index in [1.807, 2.05) is 30.1 Å². The highest BCUT2D eigenvalue weighted by atomic mass is 35.5. The standard InChI is InChI=1S/C16H22ClN3/c1-11(2)16(13-5-7-15(17)8-6-13)18-9-14-10-19-20(4)12(14)3/h5-8,10-11,16,18H,9H2,1-4H3. The molecule has 0 aliphatic carbocycles. The van der Waals surface area contributed by atoms with Gasteiger partial charge in [0.05, 0.1) is 6.20 Å². The molecule has 0 aliphatic rings. The number of nitrogens with zero attached hydrogens (tertiary/aromatic N) is 2. The highest BCUT2D eigenvalue weighted by molar-refractivity contribution is 6.30. The topological polar surface area (TPSA) is 29.9 Å². The van der Waals surface area contributed by atoms with Gasteiger partial charge in [0.2, 0.25) is 0 Å².